The molecular formula is C13H17ClN2. The Balaban J connectivity index is 1.86. The number of rotatable bonds is 4. The first-order chi connectivity index (χ1) is 7.75. The zero-order valence-electron chi connectivity index (χ0n) is 9.30. The number of benzene rings is 1. The molecule has 0 saturated carbocycles. The second kappa shape index (κ2) is 5.26. The lowest BCUT2D eigenvalue weighted by molar-refractivity contribution is 0.863. The molecule has 3 N–H and O–H groups in total. The number of allylic oxidation sites excluding steroid dienone is 1. The van der Waals surface area contributed by atoms with Crippen molar-refractivity contribution in [2.45, 2.75) is 25.7 Å². The van der Waals surface area contributed by atoms with E-state index in [4.69, 9.17) is 17.3 Å². The Hall–Kier alpha value is -1.15. The van der Waals surface area contributed by atoms with Crippen molar-refractivity contribution in [3.05, 3.63) is 34.9 Å². The molecule has 0 fully saturated rings. The molecule has 0 bridgehead atoms. The van der Waals surface area contributed by atoms with Gasteiger partial charge in [-0.2, -0.15) is 0 Å². The van der Waals surface area contributed by atoms with E-state index in [2.05, 4.69) is 11.4 Å². The molecule has 0 atom stereocenters. The van der Waals surface area contributed by atoms with Crippen molar-refractivity contribution in [2.24, 2.45) is 0 Å². The monoisotopic (exact) mass is 236 g/mol. The lowest BCUT2D eigenvalue weighted by atomic mass is 10.1. The van der Waals surface area contributed by atoms with Crippen LogP contribution in [0.2, 0.25) is 5.02 Å². The molecule has 86 valence electrons. The predicted molar refractivity (Wildman–Crippen MR) is 70.9 cm³/mol. The molecule has 0 radical (unpaired) electrons. The maximum absolute atomic E-state index is 5.92. The molecule has 1 aliphatic rings. The molecule has 0 saturated heterocycles. The normalized spacial score (nSPS) is 14.9. The maximum atomic E-state index is 5.92. The molecule has 0 aliphatic heterocycles. The second-order valence-corrected chi connectivity index (χ2v) is 4.60. The van der Waals surface area contributed by atoms with E-state index in [1.165, 1.54) is 19.3 Å². The number of anilines is 2. The zero-order chi connectivity index (χ0) is 11.4. The first-order valence-electron chi connectivity index (χ1n) is 5.72. The van der Waals surface area contributed by atoms with Gasteiger partial charge in [-0.25, -0.2) is 0 Å². The summed E-state index contributed by atoms with van der Waals surface area (Å²) in [5, 5.41) is 4.05. The molecule has 2 nitrogen and oxygen atoms in total. The van der Waals surface area contributed by atoms with Crippen molar-refractivity contribution in [3.8, 4) is 0 Å². The molecule has 1 aromatic rings. The van der Waals surface area contributed by atoms with Crippen molar-refractivity contribution in [2.75, 3.05) is 17.6 Å². The number of nitrogen functional groups attached to an aromatic ring is 1. The number of hydrogen-bond donors (Lipinski definition) is 2. The minimum Gasteiger partial charge on any atom is -0.397 e. The van der Waals surface area contributed by atoms with Crippen LogP contribution >= 0.6 is 11.6 Å². The van der Waals surface area contributed by atoms with Gasteiger partial charge in [0.15, 0.2) is 0 Å². The van der Waals surface area contributed by atoms with Crippen LogP contribution in [0.4, 0.5) is 11.4 Å². The van der Waals surface area contributed by atoms with E-state index >= 15 is 0 Å². The Bertz CT molecular complexity index is 399. The summed E-state index contributed by atoms with van der Waals surface area (Å²) in [6, 6.07) is 5.51. The van der Waals surface area contributed by atoms with Crippen LogP contribution in [0.15, 0.2) is 29.8 Å². The first-order valence-corrected chi connectivity index (χ1v) is 6.10. The highest BCUT2D eigenvalue weighted by molar-refractivity contribution is 6.31. The van der Waals surface area contributed by atoms with E-state index in [0.717, 1.165) is 29.4 Å². The fourth-order valence-corrected chi connectivity index (χ4v) is 2.18. The molecule has 1 aromatic carbocycles. The van der Waals surface area contributed by atoms with Gasteiger partial charge >= 0.3 is 0 Å². The number of nitrogens with two attached hydrogens (primary N) is 1. The van der Waals surface area contributed by atoms with Gasteiger partial charge in [-0.1, -0.05) is 23.3 Å². The molecule has 2 rings (SSSR count). The minimum atomic E-state index is 0.719. The van der Waals surface area contributed by atoms with Gasteiger partial charge in [-0.15, -0.1) is 0 Å². The Kier molecular flexibility index (Phi) is 3.73. The summed E-state index contributed by atoms with van der Waals surface area (Å²) < 4.78 is 0. The fraction of sp³-hybridized carbons (Fsp3) is 0.385. The van der Waals surface area contributed by atoms with Crippen LogP contribution in [0, 0.1) is 0 Å². The number of halogens is 1. The van der Waals surface area contributed by atoms with Gasteiger partial charge in [0, 0.05) is 11.6 Å². The molecule has 0 unspecified atom stereocenters. The lowest BCUT2D eigenvalue weighted by Crippen LogP contribution is -2.04. The van der Waals surface area contributed by atoms with E-state index in [9.17, 15) is 0 Å². The Morgan fingerprint density at radius 1 is 1.38 bits per heavy atom. The Labute approximate surface area is 101 Å². The minimum absolute atomic E-state index is 0.719. The highest BCUT2D eigenvalue weighted by Gasteiger charge is 2.04. The largest absolute Gasteiger partial charge is 0.397 e. The third-order valence-corrected chi connectivity index (χ3v) is 3.15. The van der Waals surface area contributed by atoms with E-state index in [0.29, 0.717) is 0 Å². The highest BCUT2D eigenvalue weighted by atomic mass is 35.5. The summed E-state index contributed by atoms with van der Waals surface area (Å²) in [4.78, 5) is 0. The molecule has 1 aliphatic carbocycles. The van der Waals surface area contributed by atoms with Crippen molar-refractivity contribution in [1.82, 2.24) is 0 Å². The summed E-state index contributed by atoms with van der Waals surface area (Å²) in [6.07, 6.45) is 7.27. The van der Waals surface area contributed by atoms with Crippen molar-refractivity contribution >= 4 is 23.0 Å². The van der Waals surface area contributed by atoms with Crippen LogP contribution in [-0.4, -0.2) is 6.54 Å². The molecule has 0 aromatic heterocycles. The van der Waals surface area contributed by atoms with Gasteiger partial charge in [0.2, 0.25) is 0 Å². The molecule has 0 amide bonds. The predicted octanol–water partition coefficient (Wildman–Crippen LogP) is 3.83. The van der Waals surface area contributed by atoms with Crippen molar-refractivity contribution < 1.29 is 0 Å². The third-order valence-electron chi connectivity index (χ3n) is 2.91. The molecule has 3 heteroatoms. The lowest BCUT2D eigenvalue weighted by Gasteiger charge is -2.10. The van der Waals surface area contributed by atoms with E-state index in [-0.39, 0.29) is 0 Å². The van der Waals surface area contributed by atoms with Gasteiger partial charge < -0.3 is 11.1 Å². The fourth-order valence-electron chi connectivity index (χ4n) is 2.00. The van der Waals surface area contributed by atoms with Crippen LogP contribution in [0.3, 0.4) is 0 Å². The van der Waals surface area contributed by atoms with Gasteiger partial charge in [0.25, 0.3) is 0 Å². The quantitative estimate of drug-likeness (QED) is 0.616. The number of nitrogens with one attached hydrogen (secondary N) is 1. The SMILES string of the molecule is Nc1ccc(Cl)cc1NCCC1=CCCC1. The van der Waals surface area contributed by atoms with E-state index in [1.54, 1.807) is 5.57 Å². The van der Waals surface area contributed by atoms with Crippen LogP contribution in [0.25, 0.3) is 0 Å². The molecule has 0 heterocycles. The summed E-state index contributed by atoms with van der Waals surface area (Å²) in [7, 11) is 0. The van der Waals surface area contributed by atoms with Crippen LogP contribution in [-0.2, 0) is 0 Å². The Morgan fingerprint density at radius 2 is 2.25 bits per heavy atom. The average molecular weight is 237 g/mol. The molecular weight excluding hydrogens is 220 g/mol. The van der Waals surface area contributed by atoms with Crippen LogP contribution in [0.1, 0.15) is 25.7 Å². The Morgan fingerprint density at radius 3 is 3.00 bits per heavy atom. The number of hydrogen-bond acceptors (Lipinski definition) is 2. The summed E-state index contributed by atoms with van der Waals surface area (Å²) in [5.41, 5.74) is 9.10. The van der Waals surface area contributed by atoms with Gasteiger partial charge in [0.05, 0.1) is 11.4 Å². The highest BCUT2D eigenvalue weighted by Crippen LogP contribution is 2.24. The van der Waals surface area contributed by atoms with Crippen LogP contribution < -0.4 is 11.1 Å². The third kappa shape index (κ3) is 2.92. The van der Waals surface area contributed by atoms with Gasteiger partial charge in [-0.3, -0.25) is 0 Å². The smallest absolute Gasteiger partial charge is 0.0588 e. The summed E-state index contributed by atoms with van der Waals surface area (Å²) >= 11 is 5.92. The van der Waals surface area contributed by atoms with Crippen molar-refractivity contribution in [3.63, 3.8) is 0 Å². The summed E-state index contributed by atoms with van der Waals surface area (Å²) in [5.74, 6) is 0. The maximum Gasteiger partial charge on any atom is 0.0588 e. The molecule has 0 spiro atoms. The standard InChI is InChI=1S/C13H17ClN2/c14-11-5-6-12(15)13(9-11)16-8-7-10-3-1-2-4-10/h3,5-6,9,16H,1-2,4,7-8,15H2. The topological polar surface area (TPSA) is 38.0 Å². The summed E-state index contributed by atoms with van der Waals surface area (Å²) in [6.45, 7) is 0.927. The first kappa shape index (κ1) is 11.3. The van der Waals surface area contributed by atoms with Crippen LogP contribution in [0.5, 0.6) is 0 Å². The average Bonchev–Trinajstić information content (AvgIpc) is 2.76. The van der Waals surface area contributed by atoms with Gasteiger partial charge in [0.1, 0.15) is 0 Å². The zero-order valence-corrected chi connectivity index (χ0v) is 10.1. The van der Waals surface area contributed by atoms with Crippen molar-refractivity contribution in [1.29, 1.82) is 0 Å². The van der Waals surface area contributed by atoms with E-state index < -0.39 is 0 Å². The second-order valence-electron chi connectivity index (χ2n) is 4.16. The van der Waals surface area contributed by atoms with E-state index in [1.807, 2.05) is 18.2 Å². The van der Waals surface area contributed by atoms with Gasteiger partial charge in [-0.05, 0) is 43.9 Å². The molecule has 16 heavy (non-hydrogen) atoms.